The number of halogens is 1. The summed E-state index contributed by atoms with van der Waals surface area (Å²) in [7, 11) is 0. The molecule has 1 fully saturated rings. The minimum Gasteiger partial charge on any atom is -0.376 e. The van der Waals surface area contributed by atoms with E-state index in [4.69, 9.17) is 9.47 Å². The molecule has 1 aliphatic heterocycles. The van der Waals surface area contributed by atoms with Crippen LogP contribution in [0.15, 0.2) is 29.3 Å². The lowest BCUT2D eigenvalue weighted by atomic mass is 10.2. The van der Waals surface area contributed by atoms with E-state index in [0.717, 1.165) is 0 Å². The van der Waals surface area contributed by atoms with Crippen molar-refractivity contribution < 1.29 is 13.9 Å². The second-order valence-electron chi connectivity index (χ2n) is 4.69. The van der Waals surface area contributed by atoms with Crippen LogP contribution in [0.1, 0.15) is 13.0 Å². The van der Waals surface area contributed by atoms with Gasteiger partial charge in [0, 0.05) is 6.61 Å². The highest BCUT2D eigenvalue weighted by atomic mass is 19.1. The Morgan fingerprint density at radius 3 is 3.15 bits per heavy atom. The number of hydrogen-bond acceptors (Lipinski definition) is 4. The number of rotatable bonds is 3. The quantitative estimate of drug-likeness (QED) is 0.854. The largest absolute Gasteiger partial charge is 0.376 e. The average molecular weight is 278 g/mol. The Bertz CT molecular complexity index is 686. The Morgan fingerprint density at radius 1 is 1.50 bits per heavy atom. The number of fused-ring (bicyclic) bond motifs is 1. The summed E-state index contributed by atoms with van der Waals surface area (Å²) in [5, 5.41) is 0.273. The predicted octanol–water partition coefficient (Wildman–Crippen LogP) is 1.51. The van der Waals surface area contributed by atoms with Gasteiger partial charge in [-0.05, 0) is 19.1 Å². The zero-order chi connectivity index (χ0) is 14.1. The molecule has 1 aliphatic rings. The Balaban J connectivity index is 2.09. The minimum atomic E-state index is -0.490. The van der Waals surface area contributed by atoms with Gasteiger partial charge in [-0.3, -0.25) is 9.36 Å². The van der Waals surface area contributed by atoms with E-state index in [9.17, 15) is 9.18 Å². The highest BCUT2D eigenvalue weighted by Gasteiger charge is 2.31. The lowest BCUT2D eigenvalue weighted by Crippen LogP contribution is -2.33. The molecule has 6 heteroatoms. The van der Waals surface area contributed by atoms with Crippen molar-refractivity contribution in [2.75, 3.05) is 19.8 Å². The maximum absolute atomic E-state index is 13.6. The molecule has 1 saturated heterocycles. The van der Waals surface area contributed by atoms with E-state index in [1.807, 2.05) is 6.92 Å². The van der Waals surface area contributed by atoms with Crippen LogP contribution in [0.25, 0.3) is 10.9 Å². The Kier molecular flexibility index (Phi) is 3.50. The molecule has 2 heterocycles. The molecule has 5 nitrogen and oxygen atoms in total. The van der Waals surface area contributed by atoms with E-state index in [2.05, 4.69) is 4.98 Å². The van der Waals surface area contributed by atoms with Crippen LogP contribution in [0.5, 0.6) is 0 Å². The van der Waals surface area contributed by atoms with E-state index >= 15 is 0 Å². The number of ether oxygens (including phenoxy) is 2. The predicted molar refractivity (Wildman–Crippen MR) is 71.2 cm³/mol. The molecule has 0 saturated carbocycles. The highest BCUT2D eigenvalue weighted by molar-refractivity contribution is 5.77. The summed E-state index contributed by atoms with van der Waals surface area (Å²) in [6.07, 6.45) is 1.20. The van der Waals surface area contributed by atoms with Gasteiger partial charge in [0.05, 0.1) is 31.0 Å². The summed E-state index contributed by atoms with van der Waals surface area (Å²) in [6.45, 7) is 3.29. The summed E-state index contributed by atoms with van der Waals surface area (Å²) in [5.74, 6) is -0.490. The van der Waals surface area contributed by atoms with Crippen molar-refractivity contribution in [2.45, 2.75) is 19.1 Å². The van der Waals surface area contributed by atoms with Crippen molar-refractivity contribution in [3.63, 3.8) is 0 Å². The molecule has 0 spiro atoms. The van der Waals surface area contributed by atoms with Crippen LogP contribution in [0.3, 0.4) is 0 Å². The molecular formula is C14H15FN2O3. The Morgan fingerprint density at radius 2 is 2.35 bits per heavy atom. The van der Waals surface area contributed by atoms with E-state index in [1.165, 1.54) is 23.0 Å². The van der Waals surface area contributed by atoms with E-state index in [-0.39, 0.29) is 28.6 Å². The number of benzene rings is 1. The molecule has 0 unspecified atom stereocenters. The topological polar surface area (TPSA) is 53.4 Å². The highest BCUT2D eigenvalue weighted by Crippen LogP contribution is 2.22. The molecule has 2 atom stereocenters. The summed E-state index contributed by atoms with van der Waals surface area (Å²) < 4.78 is 26.0. The van der Waals surface area contributed by atoms with Crippen LogP contribution in [0.2, 0.25) is 0 Å². The lowest BCUT2D eigenvalue weighted by molar-refractivity contribution is 0.0356. The average Bonchev–Trinajstić information content (AvgIpc) is 2.89. The van der Waals surface area contributed by atoms with Gasteiger partial charge >= 0.3 is 0 Å². The van der Waals surface area contributed by atoms with Crippen LogP contribution in [0, 0.1) is 5.82 Å². The SMILES string of the molecule is CCO[C@H]1COC[C@@H]1n1cnc2c(F)cccc2c1=O. The fourth-order valence-electron chi connectivity index (χ4n) is 2.52. The molecule has 0 bridgehead atoms. The first-order chi connectivity index (χ1) is 9.72. The zero-order valence-electron chi connectivity index (χ0n) is 11.1. The molecule has 0 radical (unpaired) electrons. The molecule has 106 valence electrons. The van der Waals surface area contributed by atoms with Gasteiger partial charge in [-0.2, -0.15) is 0 Å². The van der Waals surface area contributed by atoms with E-state index in [0.29, 0.717) is 19.8 Å². The van der Waals surface area contributed by atoms with Gasteiger partial charge in [-0.15, -0.1) is 0 Å². The van der Waals surface area contributed by atoms with E-state index in [1.54, 1.807) is 6.07 Å². The number of para-hydroxylation sites is 1. The maximum Gasteiger partial charge on any atom is 0.261 e. The van der Waals surface area contributed by atoms with Crippen molar-refractivity contribution in [1.82, 2.24) is 9.55 Å². The molecule has 0 amide bonds. The summed E-state index contributed by atoms with van der Waals surface area (Å²) in [6, 6.07) is 4.16. The van der Waals surface area contributed by atoms with Crippen LogP contribution < -0.4 is 5.56 Å². The van der Waals surface area contributed by atoms with Gasteiger partial charge in [0.15, 0.2) is 0 Å². The second-order valence-corrected chi connectivity index (χ2v) is 4.69. The molecule has 0 N–H and O–H groups in total. The third-order valence-corrected chi connectivity index (χ3v) is 3.50. The van der Waals surface area contributed by atoms with Gasteiger partial charge in [-0.25, -0.2) is 9.37 Å². The molecule has 0 aliphatic carbocycles. The first-order valence-electron chi connectivity index (χ1n) is 6.57. The number of nitrogens with zero attached hydrogens (tertiary/aromatic N) is 2. The molecule has 1 aromatic carbocycles. The number of aromatic nitrogens is 2. The molecular weight excluding hydrogens is 263 g/mol. The van der Waals surface area contributed by atoms with Crippen LogP contribution >= 0.6 is 0 Å². The smallest absolute Gasteiger partial charge is 0.261 e. The Hall–Kier alpha value is -1.79. The van der Waals surface area contributed by atoms with Crippen molar-refractivity contribution in [2.24, 2.45) is 0 Å². The molecule has 3 rings (SSSR count). The van der Waals surface area contributed by atoms with Gasteiger partial charge < -0.3 is 9.47 Å². The van der Waals surface area contributed by atoms with Crippen LogP contribution in [0.4, 0.5) is 4.39 Å². The number of hydrogen-bond donors (Lipinski definition) is 0. The normalized spacial score (nSPS) is 22.5. The van der Waals surface area contributed by atoms with Gasteiger partial charge in [0.25, 0.3) is 5.56 Å². The molecule has 20 heavy (non-hydrogen) atoms. The zero-order valence-corrected chi connectivity index (χ0v) is 11.1. The Labute approximate surface area is 115 Å². The first-order valence-corrected chi connectivity index (χ1v) is 6.57. The fraction of sp³-hybridized carbons (Fsp3) is 0.429. The van der Waals surface area contributed by atoms with Crippen molar-refractivity contribution in [3.8, 4) is 0 Å². The summed E-state index contributed by atoms with van der Waals surface area (Å²) >= 11 is 0. The first kappa shape index (κ1) is 13.2. The minimum absolute atomic E-state index is 0.0978. The summed E-state index contributed by atoms with van der Waals surface area (Å²) in [5.41, 5.74) is -0.171. The van der Waals surface area contributed by atoms with Crippen molar-refractivity contribution in [1.29, 1.82) is 0 Å². The fourth-order valence-corrected chi connectivity index (χ4v) is 2.52. The van der Waals surface area contributed by atoms with E-state index < -0.39 is 5.82 Å². The third kappa shape index (κ3) is 2.10. The lowest BCUT2D eigenvalue weighted by Gasteiger charge is -2.19. The van der Waals surface area contributed by atoms with Gasteiger partial charge in [-0.1, -0.05) is 6.07 Å². The van der Waals surface area contributed by atoms with Crippen LogP contribution in [-0.4, -0.2) is 35.5 Å². The van der Waals surface area contributed by atoms with Crippen LogP contribution in [-0.2, 0) is 9.47 Å². The van der Waals surface area contributed by atoms with Gasteiger partial charge in [0.2, 0.25) is 0 Å². The maximum atomic E-state index is 13.6. The van der Waals surface area contributed by atoms with Gasteiger partial charge in [0.1, 0.15) is 17.4 Å². The molecule has 1 aromatic heterocycles. The second kappa shape index (κ2) is 5.30. The van der Waals surface area contributed by atoms with Crippen molar-refractivity contribution >= 4 is 10.9 Å². The third-order valence-electron chi connectivity index (χ3n) is 3.50. The molecule has 2 aromatic rings. The van der Waals surface area contributed by atoms with Crippen molar-refractivity contribution in [3.05, 3.63) is 40.7 Å². The summed E-state index contributed by atoms with van der Waals surface area (Å²) in [4.78, 5) is 16.5. The standard InChI is InChI=1S/C14H15FN2O3/c1-2-20-12-7-19-6-11(12)17-8-16-13-9(14(17)18)4-3-5-10(13)15/h3-5,8,11-12H,2,6-7H2,1H3/t11-,12-/m0/s1. The monoisotopic (exact) mass is 278 g/mol.